The monoisotopic (exact) mass is 1100 g/mol. The fraction of sp³-hybridized carbons (Fsp3) is 0.714. The summed E-state index contributed by atoms with van der Waals surface area (Å²) in [5.74, 6) is -3.06. The Bertz CT molecular complexity index is 2370. The van der Waals surface area contributed by atoms with Gasteiger partial charge in [-0.3, -0.25) is 14.7 Å². The van der Waals surface area contributed by atoms with Crippen LogP contribution >= 0.6 is 0 Å². The second-order valence-corrected chi connectivity index (χ2v) is 22.9. The fourth-order valence-electron chi connectivity index (χ4n) is 11.6. The van der Waals surface area contributed by atoms with Crippen molar-refractivity contribution in [2.75, 3.05) is 34.8 Å². The third kappa shape index (κ3) is 15.7. The molecule has 3 aromatic rings. The van der Waals surface area contributed by atoms with E-state index in [1.807, 2.05) is 82.0 Å². The molecule has 18 atom stereocenters. The van der Waals surface area contributed by atoms with Gasteiger partial charge in [0.05, 0.1) is 55.2 Å². The number of pyridine rings is 1. The number of carbonyl (C=O) groups excluding carboxylic acids is 3. The standard InChI is InChI=1S/C56H88N8O14/c1-15-43-56(10,70)48(77-52(67)58-28-39-21-23-57-24-22-39)37(6)63(13)30-33(2)26-54(8,69)47(76-51-45(65)42(62(11)12)25-34(3)72-51)35(4)46(36(5)50(66)74-43)75-44-27-55(9,71-14)49(38(7)73-44)78-53(68)59-29-41-32-64(61-60-41)31-40-19-17-16-18-20-40/h16-24,32-38,42-49,51,65,69-70H,15,25-31H2,1-14H3,(H,58,67)(H,59,68)/t33-,34-,35+,36-,37+,38+,42+,43+,44+,45-,46-,47-,48+,49+,51+,54-,55-,56-/m1/s1. The first-order valence-electron chi connectivity index (χ1n) is 27.3. The number of aromatic nitrogens is 4. The van der Waals surface area contributed by atoms with Crippen LogP contribution in [0.15, 0.2) is 61.1 Å². The number of ether oxygens (including phenoxy) is 8. The van der Waals surface area contributed by atoms with Gasteiger partial charge in [-0.2, -0.15) is 0 Å². The molecule has 0 bridgehead atoms. The van der Waals surface area contributed by atoms with E-state index in [0.29, 0.717) is 25.2 Å². The largest absolute Gasteiger partial charge is 0.459 e. The van der Waals surface area contributed by atoms with E-state index in [1.54, 1.807) is 76.9 Å². The number of aliphatic hydroxyl groups excluding tert-OH is 1. The molecule has 3 aliphatic heterocycles. The maximum atomic E-state index is 15.0. The number of alkyl carbamates (subject to hydrolysis) is 2. The van der Waals surface area contributed by atoms with Gasteiger partial charge >= 0.3 is 18.2 Å². The average molecular weight is 1100 g/mol. The van der Waals surface area contributed by atoms with E-state index in [2.05, 4.69) is 25.9 Å². The molecule has 3 fully saturated rings. The Labute approximate surface area is 460 Å². The highest BCUT2D eigenvalue weighted by molar-refractivity contribution is 5.73. The SMILES string of the molecule is CC[C@@H]1OC(=O)[C@H](C)[C@H](O[C@H]2C[C@@](C)(OC)[C@@H](OC(=O)NCc3cn(Cc4ccccc4)nn3)[C@H](C)O2)[C@H](C)[C@@H](O[C@@H]2O[C@H](C)C[C@H](N(C)C)[C@H]2O)[C@](C)(O)C[C@@H](C)CN(C)[C@@H](C)[C@H](OC(=O)NCc2ccncc2)[C@]1(C)O. The molecule has 0 radical (unpaired) electrons. The first-order valence-corrected chi connectivity index (χ1v) is 27.3. The second-order valence-electron chi connectivity index (χ2n) is 22.9. The summed E-state index contributed by atoms with van der Waals surface area (Å²) in [6, 6.07) is 12.3. The second kappa shape index (κ2) is 27.1. The van der Waals surface area contributed by atoms with Crippen molar-refractivity contribution in [3.8, 4) is 0 Å². The lowest BCUT2D eigenvalue weighted by Gasteiger charge is -2.49. The quantitative estimate of drug-likeness (QED) is 0.101. The highest BCUT2D eigenvalue weighted by Gasteiger charge is 2.54. The zero-order valence-corrected chi connectivity index (χ0v) is 48.1. The van der Waals surface area contributed by atoms with Crippen LogP contribution in [-0.4, -0.2) is 188 Å². The predicted molar refractivity (Wildman–Crippen MR) is 286 cm³/mol. The van der Waals surface area contributed by atoms with Gasteiger partial charge in [0.25, 0.3) is 0 Å². The zero-order chi connectivity index (χ0) is 57.3. The lowest BCUT2D eigenvalue weighted by molar-refractivity contribution is -0.317. The summed E-state index contributed by atoms with van der Waals surface area (Å²) in [5.41, 5.74) is -2.48. The molecule has 22 heteroatoms. The smallest absolute Gasteiger partial charge is 0.407 e. The number of rotatable bonds is 15. The lowest BCUT2D eigenvalue weighted by atomic mass is 9.77. The minimum Gasteiger partial charge on any atom is -0.459 e. The number of hydrogen-bond donors (Lipinski definition) is 5. The van der Waals surface area contributed by atoms with Crippen LogP contribution in [0.3, 0.4) is 0 Å². The first kappa shape index (κ1) is 62.3. The van der Waals surface area contributed by atoms with Gasteiger partial charge in [0, 0.05) is 57.0 Å². The molecule has 5 heterocycles. The minimum absolute atomic E-state index is 0.00871. The number of nitrogens with zero attached hydrogens (tertiary/aromatic N) is 6. The topological polar surface area (TPSA) is 260 Å². The molecule has 22 nitrogen and oxygen atoms in total. The van der Waals surface area contributed by atoms with E-state index < -0.39 is 108 Å². The molecule has 3 saturated heterocycles. The Kier molecular flexibility index (Phi) is 21.6. The number of benzene rings is 1. The molecule has 2 aromatic heterocycles. The van der Waals surface area contributed by atoms with Gasteiger partial charge in [-0.25, -0.2) is 14.3 Å². The summed E-state index contributed by atoms with van der Waals surface area (Å²) >= 11 is 0. The Morgan fingerprint density at radius 3 is 2.17 bits per heavy atom. The van der Waals surface area contributed by atoms with Crippen LogP contribution in [0.4, 0.5) is 9.59 Å². The Hall–Kier alpha value is -4.88. The van der Waals surface area contributed by atoms with Gasteiger partial charge in [0.15, 0.2) is 24.8 Å². The van der Waals surface area contributed by atoms with Gasteiger partial charge < -0.3 is 68.7 Å². The van der Waals surface area contributed by atoms with Crippen LogP contribution in [0, 0.1) is 17.8 Å². The van der Waals surface area contributed by atoms with E-state index >= 15 is 0 Å². The van der Waals surface area contributed by atoms with E-state index in [0.717, 1.165) is 11.1 Å². The molecule has 0 spiro atoms. The van der Waals surface area contributed by atoms with Gasteiger partial charge in [-0.05, 0) is 118 Å². The fourth-order valence-corrected chi connectivity index (χ4v) is 11.6. The molecular weight excluding hydrogens is 1010 g/mol. The van der Waals surface area contributed by atoms with Gasteiger partial charge in [0.2, 0.25) is 0 Å². The number of nitrogens with one attached hydrogen (secondary N) is 2. The molecule has 1 aromatic carbocycles. The molecule has 5 N–H and O–H groups in total. The van der Waals surface area contributed by atoms with Crippen molar-refractivity contribution in [2.45, 2.75) is 205 Å². The Balaban J connectivity index is 1.30. The molecule has 0 aliphatic carbocycles. The number of hydrogen-bond acceptors (Lipinski definition) is 19. The Morgan fingerprint density at radius 1 is 0.872 bits per heavy atom. The predicted octanol–water partition coefficient (Wildman–Crippen LogP) is 4.80. The number of aliphatic hydroxyl groups is 3. The van der Waals surface area contributed by atoms with Crippen LogP contribution in [0.25, 0.3) is 0 Å². The van der Waals surface area contributed by atoms with Gasteiger partial charge in [-0.15, -0.1) is 5.10 Å². The maximum Gasteiger partial charge on any atom is 0.407 e. The molecule has 78 heavy (non-hydrogen) atoms. The summed E-state index contributed by atoms with van der Waals surface area (Å²) in [5, 5.41) is 51.4. The van der Waals surface area contributed by atoms with Crippen molar-refractivity contribution in [1.29, 1.82) is 0 Å². The van der Waals surface area contributed by atoms with E-state index in [4.69, 9.17) is 37.9 Å². The average Bonchev–Trinajstić information content (AvgIpc) is 3.86. The van der Waals surface area contributed by atoms with Crippen molar-refractivity contribution in [3.05, 3.63) is 77.9 Å². The molecule has 6 rings (SSSR count). The molecule has 2 amide bonds. The summed E-state index contributed by atoms with van der Waals surface area (Å²) in [6.07, 6.45) is -6.06. The van der Waals surface area contributed by atoms with Crippen LogP contribution in [0.1, 0.15) is 112 Å². The normalized spacial score (nSPS) is 36.6. The first-order chi connectivity index (χ1) is 36.8. The van der Waals surface area contributed by atoms with Crippen LogP contribution in [0.2, 0.25) is 0 Å². The van der Waals surface area contributed by atoms with Crippen LogP contribution in [-0.2, 0) is 62.3 Å². The third-order valence-corrected chi connectivity index (χ3v) is 16.0. The highest BCUT2D eigenvalue weighted by atomic mass is 16.7. The van der Waals surface area contributed by atoms with Crippen LogP contribution < -0.4 is 10.6 Å². The molecule has 0 unspecified atom stereocenters. The Morgan fingerprint density at radius 2 is 1.53 bits per heavy atom. The van der Waals surface area contributed by atoms with Gasteiger partial charge in [-0.1, -0.05) is 56.3 Å². The van der Waals surface area contributed by atoms with Crippen molar-refractivity contribution in [1.82, 2.24) is 40.4 Å². The van der Waals surface area contributed by atoms with Crippen molar-refractivity contribution >= 4 is 18.2 Å². The van der Waals surface area contributed by atoms with Crippen LogP contribution in [0.5, 0.6) is 0 Å². The van der Waals surface area contributed by atoms with Crippen molar-refractivity contribution in [2.24, 2.45) is 17.8 Å². The number of cyclic esters (lactones) is 1. The number of likely N-dealkylation sites (N-methyl/N-ethyl adjacent to an activating group) is 2. The summed E-state index contributed by atoms with van der Waals surface area (Å²) in [7, 11) is 7.08. The molecule has 3 aliphatic rings. The van der Waals surface area contributed by atoms with Crippen molar-refractivity contribution < 1.29 is 67.6 Å². The zero-order valence-electron chi connectivity index (χ0n) is 48.1. The molecule has 0 saturated carbocycles. The third-order valence-electron chi connectivity index (χ3n) is 16.0. The van der Waals surface area contributed by atoms with Crippen molar-refractivity contribution in [3.63, 3.8) is 0 Å². The molecule has 436 valence electrons. The molecular formula is C56H88N8O14. The van der Waals surface area contributed by atoms with Gasteiger partial charge in [0.1, 0.15) is 29.1 Å². The van der Waals surface area contributed by atoms with E-state index in [9.17, 15) is 29.7 Å². The number of methoxy groups -OCH3 is 1. The number of carbonyl (C=O) groups is 3. The van der Waals surface area contributed by atoms with E-state index in [1.165, 1.54) is 14.0 Å². The maximum absolute atomic E-state index is 15.0. The summed E-state index contributed by atoms with van der Waals surface area (Å²) in [4.78, 5) is 50.0. The minimum atomic E-state index is -1.95. The summed E-state index contributed by atoms with van der Waals surface area (Å²) in [6.45, 7) is 18.6. The number of amides is 2. The lowest BCUT2D eigenvalue weighted by Crippen LogP contribution is -2.61. The highest BCUT2D eigenvalue weighted by Crippen LogP contribution is 2.41. The van der Waals surface area contributed by atoms with E-state index in [-0.39, 0.29) is 50.4 Å². The number of esters is 1. The summed E-state index contributed by atoms with van der Waals surface area (Å²) < 4.78 is 53.0.